The lowest BCUT2D eigenvalue weighted by Gasteiger charge is -2.02. The van der Waals surface area contributed by atoms with E-state index in [9.17, 15) is 4.79 Å². The number of carbonyl (C=O) groups excluding carboxylic acids is 1. The van der Waals surface area contributed by atoms with Crippen molar-refractivity contribution in [3.63, 3.8) is 0 Å². The van der Waals surface area contributed by atoms with Crippen LogP contribution < -0.4 is 15.8 Å². The van der Waals surface area contributed by atoms with Crippen LogP contribution >= 0.6 is 11.3 Å². The third kappa shape index (κ3) is 4.31. The molecule has 0 atom stereocenters. The molecule has 0 saturated carbocycles. The number of methoxy groups -OCH3 is 1. The Morgan fingerprint density at radius 3 is 3.06 bits per heavy atom. The molecule has 0 aliphatic rings. The Morgan fingerprint density at radius 1 is 1.71 bits per heavy atom. The zero-order valence-corrected chi connectivity index (χ0v) is 10.3. The monoisotopic (exact) mass is 257 g/mol. The van der Waals surface area contributed by atoms with Crippen molar-refractivity contribution in [2.75, 3.05) is 13.7 Å². The molecule has 0 radical (unpaired) electrons. The molecule has 4 N–H and O–H groups in total. The van der Waals surface area contributed by atoms with Crippen molar-refractivity contribution in [1.82, 2.24) is 5.32 Å². The van der Waals surface area contributed by atoms with Crippen LogP contribution in [0.4, 0.5) is 0 Å². The zero-order chi connectivity index (χ0) is 12.7. The molecule has 6 nitrogen and oxygen atoms in total. The van der Waals surface area contributed by atoms with Crippen LogP contribution in [0.15, 0.2) is 16.6 Å². The maximum atomic E-state index is 11.6. The van der Waals surface area contributed by atoms with E-state index in [4.69, 9.17) is 15.7 Å². The molecule has 1 aromatic heterocycles. The molecule has 0 aromatic carbocycles. The molecule has 1 rings (SSSR count). The van der Waals surface area contributed by atoms with Crippen molar-refractivity contribution in [3.05, 3.63) is 16.3 Å². The van der Waals surface area contributed by atoms with Gasteiger partial charge in [0.15, 0.2) is 0 Å². The number of amides is 1. The quantitative estimate of drug-likeness (QED) is 0.233. The highest BCUT2D eigenvalue weighted by Gasteiger charge is 2.08. The molecule has 1 heterocycles. The predicted molar refractivity (Wildman–Crippen MR) is 65.8 cm³/mol. The maximum Gasteiger partial charge on any atom is 0.261 e. The standard InChI is InChI=1S/C10H15N3O3S/c1-16-7-5-8(17-6-7)10(14)12-4-2-3-9(11)13-15/h5-6,15H,2-4H2,1H3,(H2,11,13)(H,12,14). The number of hydrogen-bond donors (Lipinski definition) is 3. The molecule has 0 bridgehead atoms. The third-order valence-corrected chi connectivity index (χ3v) is 2.97. The van der Waals surface area contributed by atoms with Gasteiger partial charge in [-0.25, -0.2) is 0 Å². The summed E-state index contributed by atoms with van der Waals surface area (Å²) >= 11 is 1.33. The van der Waals surface area contributed by atoms with Gasteiger partial charge in [0, 0.05) is 24.4 Å². The molecule has 7 heteroatoms. The summed E-state index contributed by atoms with van der Waals surface area (Å²) < 4.78 is 4.99. The molecular formula is C10H15N3O3S. The lowest BCUT2D eigenvalue weighted by atomic mass is 10.3. The first kappa shape index (κ1) is 13.3. The highest BCUT2D eigenvalue weighted by molar-refractivity contribution is 7.12. The second kappa shape index (κ2) is 6.74. The van der Waals surface area contributed by atoms with E-state index in [0.29, 0.717) is 30.0 Å². The third-order valence-electron chi connectivity index (χ3n) is 2.06. The highest BCUT2D eigenvalue weighted by Crippen LogP contribution is 2.20. The second-order valence-electron chi connectivity index (χ2n) is 3.30. The molecule has 1 aromatic rings. The number of ether oxygens (including phenoxy) is 1. The first-order valence-corrected chi connectivity index (χ1v) is 5.92. The molecule has 0 fully saturated rings. The topological polar surface area (TPSA) is 96.9 Å². The highest BCUT2D eigenvalue weighted by atomic mass is 32.1. The van der Waals surface area contributed by atoms with E-state index in [1.54, 1.807) is 18.6 Å². The summed E-state index contributed by atoms with van der Waals surface area (Å²) in [7, 11) is 1.56. The number of amidine groups is 1. The fourth-order valence-electron chi connectivity index (χ4n) is 1.15. The van der Waals surface area contributed by atoms with Crippen molar-refractivity contribution in [1.29, 1.82) is 0 Å². The Hall–Kier alpha value is -1.76. The Labute approximate surface area is 103 Å². The van der Waals surface area contributed by atoms with E-state index in [-0.39, 0.29) is 11.7 Å². The van der Waals surface area contributed by atoms with Crippen LogP contribution in [0.3, 0.4) is 0 Å². The van der Waals surface area contributed by atoms with Crippen molar-refractivity contribution < 1.29 is 14.7 Å². The summed E-state index contributed by atoms with van der Waals surface area (Å²) in [6.07, 6.45) is 1.08. The lowest BCUT2D eigenvalue weighted by molar-refractivity contribution is 0.0957. The minimum absolute atomic E-state index is 0.141. The number of carbonyl (C=O) groups is 1. The molecule has 0 aliphatic carbocycles. The SMILES string of the molecule is COc1csc(C(=O)NCCCC(N)=NO)c1. The number of hydrogen-bond acceptors (Lipinski definition) is 5. The number of oxime groups is 1. The fourth-order valence-corrected chi connectivity index (χ4v) is 1.92. The fraction of sp³-hybridized carbons (Fsp3) is 0.400. The van der Waals surface area contributed by atoms with Gasteiger partial charge in [0.25, 0.3) is 5.91 Å². The molecule has 94 valence electrons. The smallest absolute Gasteiger partial charge is 0.261 e. The van der Waals surface area contributed by atoms with Crippen molar-refractivity contribution in [2.24, 2.45) is 10.9 Å². The van der Waals surface area contributed by atoms with E-state index < -0.39 is 0 Å². The Morgan fingerprint density at radius 2 is 2.47 bits per heavy atom. The van der Waals surface area contributed by atoms with Gasteiger partial charge in [-0.1, -0.05) is 5.16 Å². The average Bonchev–Trinajstić information content (AvgIpc) is 2.82. The Balaban J connectivity index is 2.30. The van der Waals surface area contributed by atoms with E-state index in [1.165, 1.54) is 11.3 Å². The molecule has 1 amide bonds. The van der Waals surface area contributed by atoms with Crippen LogP contribution in [0.1, 0.15) is 22.5 Å². The summed E-state index contributed by atoms with van der Waals surface area (Å²) in [5.74, 6) is 0.701. The van der Waals surface area contributed by atoms with Gasteiger partial charge < -0.3 is 21.0 Å². The average molecular weight is 257 g/mol. The van der Waals surface area contributed by atoms with Crippen LogP contribution in [0.2, 0.25) is 0 Å². The van der Waals surface area contributed by atoms with Crippen molar-refractivity contribution in [3.8, 4) is 5.75 Å². The van der Waals surface area contributed by atoms with E-state index in [1.807, 2.05) is 0 Å². The number of nitrogens with two attached hydrogens (primary N) is 1. The molecular weight excluding hydrogens is 242 g/mol. The van der Waals surface area contributed by atoms with Crippen LogP contribution in [-0.4, -0.2) is 30.6 Å². The molecule has 0 spiro atoms. The first-order chi connectivity index (χ1) is 8.17. The van der Waals surface area contributed by atoms with E-state index in [2.05, 4.69) is 10.5 Å². The number of nitrogens with one attached hydrogen (secondary N) is 1. The Bertz CT molecular complexity index is 403. The van der Waals surface area contributed by atoms with Gasteiger partial charge >= 0.3 is 0 Å². The van der Waals surface area contributed by atoms with Crippen LogP contribution in [0.5, 0.6) is 5.75 Å². The van der Waals surface area contributed by atoms with Gasteiger partial charge in [0.2, 0.25) is 0 Å². The summed E-state index contributed by atoms with van der Waals surface area (Å²) in [6.45, 7) is 0.481. The first-order valence-electron chi connectivity index (χ1n) is 5.04. The minimum Gasteiger partial charge on any atom is -0.496 e. The molecule has 17 heavy (non-hydrogen) atoms. The van der Waals surface area contributed by atoms with Crippen LogP contribution in [-0.2, 0) is 0 Å². The van der Waals surface area contributed by atoms with Gasteiger partial charge in [0.05, 0.1) is 12.0 Å². The van der Waals surface area contributed by atoms with Crippen molar-refractivity contribution in [2.45, 2.75) is 12.8 Å². The van der Waals surface area contributed by atoms with Gasteiger partial charge in [-0.05, 0) is 6.42 Å². The number of rotatable bonds is 6. The maximum absolute atomic E-state index is 11.6. The number of thiophene rings is 1. The van der Waals surface area contributed by atoms with Crippen molar-refractivity contribution >= 4 is 23.1 Å². The minimum atomic E-state index is -0.141. The van der Waals surface area contributed by atoms with Gasteiger partial charge in [-0.2, -0.15) is 0 Å². The summed E-state index contributed by atoms with van der Waals surface area (Å²) in [4.78, 5) is 12.2. The summed E-state index contributed by atoms with van der Waals surface area (Å²) in [6, 6.07) is 1.68. The van der Waals surface area contributed by atoms with Gasteiger partial charge in [-0.15, -0.1) is 11.3 Å². The van der Waals surface area contributed by atoms with Crippen LogP contribution in [0, 0.1) is 0 Å². The molecule has 0 saturated heterocycles. The van der Waals surface area contributed by atoms with E-state index in [0.717, 1.165) is 0 Å². The largest absolute Gasteiger partial charge is 0.496 e. The normalized spacial score (nSPS) is 11.2. The zero-order valence-electron chi connectivity index (χ0n) is 9.47. The predicted octanol–water partition coefficient (Wildman–Crippen LogP) is 1.01. The molecule has 0 aliphatic heterocycles. The van der Waals surface area contributed by atoms with E-state index >= 15 is 0 Å². The van der Waals surface area contributed by atoms with Gasteiger partial charge in [0.1, 0.15) is 11.6 Å². The molecule has 0 unspecified atom stereocenters. The number of nitrogens with zero attached hydrogens (tertiary/aromatic N) is 1. The van der Waals surface area contributed by atoms with Gasteiger partial charge in [-0.3, -0.25) is 4.79 Å². The second-order valence-corrected chi connectivity index (χ2v) is 4.21. The van der Waals surface area contributed by atoms with Crippen LogP contribution in [0.25, 0.3) is 0 Å². The lowest BCUT2D eigenvalue weighted by Crippen LogP contribution is -2.24. The summed E-state index contributed by atoms with van der Waals surface area (Å²) in [5.41, 5.74) is 5.30. The summed E-state index contributed by atoms with van der Waals surface area (Å²) in [5, 5.41) is 15.7. The Kier molecular flexibility index (Phi) is 5.28.